The third kappa shape index (κ3) is 5.80. The van der Waals surface area contributed by atoms with Crippen molar-refractivity contribution in [3.05, 3.63) is 27.7 Å². The van der Waals surface area contributed by atoms with Gasteiger partial charge < -0.3 is 4.74 Å². The van der Waals surface area contributed by atoms with Crippen LogP contribution in [-0.4, -0.2) is 27.2 Å². The van der Waals surface area contributed by atoms with Gasteiger partial charge in [0.2, 0.25) is 10.0 Å². The molecule has 1 rings (SSSR count). The summed E-state index contributed by atoms with van der Waals surface area (Å²) in [6.07, 6.45) is 0.258. The van der Waals surface area contributed by atoms with Gasteiger partial charge in [-0.3, -0.25) is 9.52 Å². The van der Waals surface area contributed by atoms with Crippen molar-refractivity contribution in [1.29, 1.82) is 0 Å². The second-order valence-corrected chi connectivity index (χ2v) is 6.86. The SMILES string of the molecule is COC(=O)CCCS(=O)(=O)Nc1cc(Cl)ccc1Br. The zero-order valence-corrected chi connectivity index (χ0v) is 13.3. The third-order valence-electron chi connectivity index (χ3n) is 2.22. The largest absolute Gasteiger partial charge is 0.469 e. The van der Waals surface area contributed by atoms with E-state index in [0.29, 0.717) is 15.2 Å². The lowest BCUT2D eigenvalue weighted by Gasteiger charge is -2.09. The predicted octanol–water partition coefficient (Wildman–Crippen LogP) is 2.80. The van der Waals surface area contributed by atoms with Crippen LogP contribution in [0.5, 0.6) is 0 Å². The van der Waals surface area contributed by atoms with Crippen molar-refractivity contribution < 1.29 is 17.9 Å². The molecule has 5 nitrogen and oxygen atoms in total. The third-order valence-corrected chi connectivity index (χ3v) is 4.50. The van der Waals surface area contributed by atoms with E-state index in [4.69, 9.17) is 11.6 Å². The standard InChI is InChI=1S/C11H13BrClNO4S/c1-18-11(15)3-2-6-19(16,17)14-10-7-8(13)4-5-9(10)12/h4-5,7,14H,2-3,6H2,1H3. The maximum absolute atomic E-state index is 11.8. The van der Waals surface area contributed by atoms with Gasteiger partial charge in [-0.1, -0.05) is 11.6 Å². The molecular formula is C11H13BrClNO4S. The maximum Gasteiger partial charge on any atom is 0.305 e. The number of halogens is 2. The van der Waals surface area contributed by atoms with Gasteiger partial charge in [0.05, 0.1) is 18.6 Å². The quantitative estimate of drug-likeness (QED) is 0.782. The van der Waals surface area contributed by atoms with Crippen LogP contribution < -0.4 is 4.72 Å². The van der Waals surface area contributed by atoms with Crippen molar-refractivity contribution in [3.8, 4) is 0 Å². The summed E-state index contributed by atoms with van der Waals surface area (Å²) in [6, 6.07) is 4.79. The monoisotopic (exact) mass is 369 g/mol. The van der Waals surface area contributed by atoms with Gasteiger partial charge in [-0.05, 0) is 40.5 Å². The molecule has 0 aliphatic carbocycles. The van der Waals surface area contributed by atoms with Gasteiger partial charge in [-0.25, -0.2) is 8.42 Å². The average Bonchev–Trinajstić information content (AvgIpc) is 2.33. The highest BCUT2D eigenvalue weighted by molar-refractivity contribution is 9.10. The first-order valence-electron chi connectivity index (χ1n) is 5.36. The molecule has 19 heavy (non-hydrogen) atoms. The Kier molecular flexibility index (Phi) is 6.09. The second kappa shape index (κ2) is 7.12. The Morgan fingerprint density at radius 2 is 2.16 bits per heavy atom. The maximum atomic E-state index is 11.8. The van der Waals surface area contributed by atoms with Crippen molar-refractivity contribution >= 4 is 49.2 Å². The molecule has 0 unspecified atom stereocenters. The predicted molar refractivity (Wildman–Crippen MR) is 77.8 cm³/mol. The van der Waals surface area contributed by atoms with Crippen LogP contribution in [0.3, 0.4) is 0 Å². The topological polar surface area (TPSA) is 72.5 Å². The van der Waals surface area contributed by atoms with Gasteiger partial charge >= 0.3 is 5.97 Å². The van der Waals surface area contributed by atoms with E-state index in [1.807, 2.05) is 0 Å². The number of esters is 1. The summed E-state index contributed by atoms with van der Waals surface area (Å²) in [5.41, 5.74) is 0.366. The molecule has 106 valence electrons. The Morgan fingerprint density at radius 1 is 1.47 bits per heavy atom. The minimum absolute atomic E-state index is 0.0636. The minimum atomic E-state index is -3.52. The molecule has 0 spiro atoms. The molecule has 0 aliphatic rings. The highest BCUT2D eigenvalue weighted by atomic mass is 79.9. The zero-order valence-electron chi connectivity index (χ0n) is 10.2. The van der Waals surface area contributed by atoms with Crippen LogP contribution >= 0.6 is 27.5 Å². The van der Waals surface area contributed by atoms with Crippen molar-refractivity contribution in [2.24, 2.45) is 0 Å². The van der Waals surface area contributed by atoms with Crippen LogP contribution in [-0.2, 0) is 19.6 Å². The van der Waals surface area contributed by atoms with E-state index in [1.165, 1.54) is 13.2 Å². The van der Waals surface area contributed by atoms with Crippen LogP contribution in [0.4, 0.5) is 5.69 Å². The van der Waals surface area contributed by atoms with Crippen molar-refractivity contribution in [2.75, 3.05) is 17.6 Å². The summed E-state index contributed by atoms with van der Waals surface area (Å²) in [5.74, 6) is -0.597. The highest BCUT2D eigenvalue weighted by Gasteiger charge is 2.13. The molecule has 0 radical (unpaired) electrons. The Morgan fingerprint density at radius 3 is 2.79 bits per heavy atom. The summed E-state index contributed by atoms with van der Waals surface area (Å²) < 4.78 is 31.1. The van der Waals surface area contributed by atoms with Crippen LogP contribution in [0.25, 0.3) is 0 Å². The fourth-order valence-electron chi connectivity index (χ4n) is 1.30. The van der Waals surface area contributed by atoms with Crippen LogP contribution in [0.15, 0.2) is 22.7 Å². The molecule has 1 N–H and O–H groups in total. The first kappa shape index (κ1) is 16.3. The van der Waals surface area contributed by atoms with Crippen LogP contribution in [0.1, 0.15) is 12.8 Å². The van der Waals surface area contributed by atoms with Crippen LogP contribution in [0, 0.1) is 0 Å². The van der Waals surface area contributed by atoms with E-state index in [1.54, 1.807) is 12.1 Å². The molecule has 0 atom stereocenters. The number of carbonyl (C=O) groups is 1. The van der Waals surface area contributed by atoms with Gasteiger partial charge in [0, 0.05) is 15.9 Å². The van der Waals surface area contributed by atoms with Crippen LogP contribution in [0.2, 0.25) is 5.02 Å². The number of hydrogen-bond acceptors (Lipinski definition) is 4. The van der Waals surface area contributed by atoms with Gasteiger partial charge in [-0.15, -0.1) is 0 Å². The summed E-state index contributed by atoms with van der Waals surface area (Å²) in [5, 5.41) is 0.426. The highest BCUT2D eigenvalue weighted by Crippen LogP contribution is 2.26. The fraction of sp³-hybridized carbons (Fsp3) is 0.364. The van der Waals surface area contributed by atoms with E-state index >= 15 is 0 Å². The molecule has 1 aromatic carbocycles. The Labute approximate surface area is 125 Å². The minimum Gasteiger partial charge on any atom is -0.469 e. The normalized spacial score (nSPS) is 11.1. The lowest BCUT2D eigenvalue weighted by Crippen LogP contribution is -2.18. The molecule has 0 bridgehead atoms. The lowest BCUT2D eigenvalue weighted by atomic mass is 10.3. The number of sulfonamides is 1. The first-order valence-corrected chi connectivity index (χ1v) is 8.19. The Hall–Kier alpha value is -0.790. The zero-order chi connectivity index (χ0) is 14.5. The number of hydrogen-bond donors (Lipinski definition) is 1. The molecule has 0 amide bonds. The average molecular weight is 371 g/mol. The van der Waals surface area contributed by atoms with Gasteiger partial charge in [0.15, 0.2) is 0 Å². The smallest absolute Gasteiger partial charge is 0.305 e. The fourth-order valence-corrected chi connectivity index (χ4v) is 3.08. The summed E-state index contributed by atoms with van der Waals surface area (Å²) in [7, 11) is -2.26. The lowest BCUT2D eigenvalue weighted by molar-refractivity contribution is -0.140. The van der Waals surface area contributed by atoms with Crippen molar-refractivity contribution in [1.82, 2.24) is 0 Å². The summed E-state index contributed by atoms with van der Waals surface area (Å²) >= 11 is 9.02. The molecular weight excluding hydrogens is 358 g/mol. The number of ether oxygens (including phenoxy) is 1. The number of rotatable bonds is 6. The molecule has 0 saturated heterocycles. The van der Waals surface area contributed by atoms with E-state index < -0.39 is 16.0 Å². The molecule has 0 fully saturated rings. The molecule has 0 aliphatic heterocycles. The van der Waals surface area contributed by atoms with E-state index in [0.717, 1.165) is 0 Å². The summed E-state index contributed by atoms with van der Waals surface area (Å²) in [4.78, 5) is 10.9. The van der Waals surface area contributed by atoms with E-state index in [9.17, 15) is 13.2 Å². The van der Waals surface area contributed by atoms with E-state index in [-0.39, 0.29) is 18.6 Å². The van der Waals surface area contributed by atoms with Crippen molar-refractivity contribution in [2.45, 2.75) is 12.8 Å². The number of benzene rings is 1. The molecule has 1 aromatic rings. The second-order valence-electron chi connectivity index (χ2n) is 3.72. The first-order chi connectivity index (χ1) is 8.84. The number of carbonyl (C=O) groups excluding carboxylic acids is 1. The Bertz CT molecular complexity index is 562. The Balaban J connectivity index is 2.64. The molecule has 0 heterocycles. The van der Waals surface area contributed by atoms with E-state index in [2.05, 4.69) is 25.4 Å². The number of methoxy groups -OCH3 is 1. The van der Waals surface area contributed by atoms with Gasteiger partial charge in [0.25, 0.3) is 0 Å². The molecule has 0 saturated carbocycles. The van der Waals surface area contributed by atoms with Gasteiger partial charge in [-0.2, -0.15) is 0 Å². The molecule has 8 heteroatoms. The van der Waals surface area contributed by atoms with Gasteiger partial charge in [0.1, 0.15) is 0 Å². The number of anilines is 1. The molecule has 0 aromatic heterocycles. The summed E-state index contributed by atoms with van der Waals surface area (Å²) in [6.45, 7) is 0. The number of nitrogens with one attached hydrogen (secondary N) is 1. The van der Waals surface area contributed by atoms with Crippen molar-refractivity contribution in [3.63, 3.8) is 0 Å².